The van der Waals surface area contributed by atoms with E-state index in [2.05, 4.69) is 52.8 Å². The van der Waals surface area contributed by atoms with Crippen molar-refractivity contribution in [3.8, 4) is 0 Å². The van der Waals surface area contributed by atoms with Gasteiger partial charge in [0, 0.05) is 12.0 Å². The molecule has 0 spiro atoms. The first-order valence-electron chi connectivity index (χ1n) is 15.2. The molecule has 5 rings (SSSR count). The fourth-order valence-electron chi connectivity index (χ4n) is 9.55. The summed E-state index contributed by atoms with van der Waals surface area (Å²) < 4.78 is 6.37. The van der Waals surface area contributed by atoms with Crippen LogP contribution in [0.4, 0.5) is 0 Å². The molecule has 0 bridgehead atoms. The maximum atomic E-state index is 6.37. The highest BCUT2D eigenvalue weighted by atomic mass is 32.1. The van der Waals surface area contributed by atoms with E-state index in [1.165, 1.54) is 57.8 Å². The molecular formula is C34H50OS. The van der Waals surface area contributed by atoms with E-state index in [1.54, 1.807) is 5.57 Å². The lowest BCUT2D eigenvalue weighted by molar-refractivity contribution is -0.0563. The van der Waals surface area contributed by atoms with E-state index in [1.807, 2.05) is 18.2 Å². The molecular weight excluding hydrogens is 456 g/mol. The van der Waals surface area contributed by atoms with Crippen molar-refractivity contribution in [2.45, 2.75) is 111 Å². The second-order valence-electron chi connectivity index (χ2n) is 13.9. The first kappa shape index (κ1) is 26.5. The van der Waals surface area contributed by atoms with Gasteiger partial charge in [-0.15, -0.1) is 0 Å². The molecule has 0 heterocycles. The fraction of sp³-hybridized carbons (Fsp3) is 0.735. The van der Waals surface area contributed by atoms with Gasteiger partial charge in [-0.05, 0) is 104 Å². The van der Waals surface area contributed by atoms with E-state index in [9.17, 15) is 0 Å². The Labute approximate surface area is 226 Å². The third-order valence-electron chi connectivity index (χ3n) is 11.5. The van der Waals surface area contributed by atoms with Crippen molar-refractivity contribution >= 4 is 17.3 Å². The largest absolute Gasteiger partial charge is 0.479 e. The Bertz CT molecular complexity index is 949. The summed E-state index contributed by atoms with van der Waals surface area (Å²) in [7, 11) is 0. The number of ether oxygens (including phenoxy) is 1. The third kappa shape index (κ3) is 4.85. The molecule has 198 valence electrons. The molecule has 0 unspecified atom stereocenters. The lowest BCUT2D eigenvalue weighted by Crippen LogP contribution is -2.51. The number of rotatable bonds is 7. The van der Waals surface area contributed by atoms with E-state index in [0.717, 1.165) is 53.9 Å². The van der Waals surface area contributed by atoms with E-state index < -0.39 is 0 Å². The van der Waals surface area contributed by atoms with Gasteiger partial charge in [0.05, 0.1) is 0 Å². The molecule has 2 heteroatoms. The molecule has 0 aliphatic heterocycles. The lowest BCUT2D eigenvalue weighted by atomic mass is 9.47. The predicted octanol–water partition coefficient (Wildman–Crippen LogP) is 9.79. The van der Waals surface area contributed by atoms with Gasteiger partial charge in [-0.1, -0.05) is 95.9 Å². The van der Waals surface area contributed by atoms with Crippen molar-refractivity contribution in [2.24, 2.45) is 46.3 Å². The van der Waals surface area contributed by atoms with Gasteiger partial charge in [0.1, 0.15) is 6.10 Å². The molecule has 1 nitrogen and oxygen atoms in total. The van der Waals surface area contributed by atoms with Crippen LogP contribution in [0.2, 0.25) is 0 Å². The van der Waals surface area contributed by atoms with Crippen molar-refractivity contribution in [3.63, 3.8) is 0 Å². The second kappa shape index (κ2) is 10.5. The van der Waals surface area contributed by atoms with E-state index in [0.29, 0.717) is 15.9 Å². The van der Waals surface area contributed by atoms with Crippen molar-refractivity contribution in [1.29, 1.82) is 0 Å². The van der Waals surface area contributed by atoms with Crippen LogP contribution in [0.3, 0.4) is 0 Å². The van der Waals surface area contributed by atoms with Gasteiger partial charge in [-0.2, -0.15) is 0 Å². The van der Waals surface area contributed by atoms with Gasteiger partial charge in [-0.3, -0.25) is 0 Å². The Balaban J connectivity index is 1.25. The highest BCUT2D eigenvalue weighted by molar-refractivity contribution is 7.80. The standard InChI is InChI=1S/C34H50OS/c1-23(2)10-9-11-24(3)29-16-17-30-28-15-14-26-22-27(35-32(36)25-12-7-6-8-13-25)18-20-33(26,4)31(28)19-21-34(29,30)5/h6-8,12-14,23-24,27-31H,9-11,15-22H2,1-5H3/t24-,27+,28+,29-,30+,31+,33+,34-/m1/s1. The summed E-state index contributed by atoms with van der Waals surface area (Å²) >= 11 is 5.66. The molecule has 36 heavy (non-hydrogen) atoms. The lowest BCUT2D eigenvalue weighted by Gasteiger charge is -2.58. The van der Waals surface area contributed by atoms with Gasteiger partial charge in [0.25, 0.3) is 0 Å². The van der Waals surface area contributed by atoms with Crippen LogP contribution in [-0.4, -0.2) is 11.2 Å². The summed E-state index contributed by atoms with van der Waals surface area (Å²) in [5.74, 6) is 5.38. The molecule has 4 aliphatic rings. The van der Waals surface area contributed by atoms with Crippen LogP contribution in [0.15, 0.2) is 42.0 Å². The first-order chi connectivity index (χ1) is 17.2. The summed E-state index contributed by atoms with van der Waals surface area (Å²) in [6, 6.07) is 10.3. The van der Waals surface area contributed by atoms with E-state index >= 15 is 0 Å². The zero-order valence-electron chi connectivity index (χ0n) is 23.6. The molecule has 3 saturated carbocycles. The molecule has 0 aromatic heterocycles. The molecule has 0 amide bonds. The van der Waals surface area contributed by atoms with Gasteiger partial charge in [0.15, 0.2) is 5.05 Å². The molecule has 0 saturated heterocycles. The zero-order valence-corrected chi connectivity index (χ0v) is 24.4. The van der Waals surface area contributed by atoms with Crippen LogP contribution in [0.1, 0.15) is 111 Å². The third-order valence-corrected chi connectivity index (χ3v) is 11.9. The number of hydrogen-bond donors (Lipinski definition) is 0. The van der Waals surface area contributed by atoms with Gasteiger partial charge in [0.2, 0.25) is 0 Å². The minimum absolute atomic E-state index is 0.241. The maximum absolute atomic E-state index is 6.37. The van der Waals surface area contributed by atoms with Gasteiger partial charge < -0.3 is 4.74 Å². The van der Waals surface area contributed by atoms with Crippen molar-refractivity contribution in [2.75, 3.05) is 0 Å². The summed E-state index contributed by atoms with van der Waals surface area (Å²) in [6.45, 7) is 12.7. The topological polar surface area (TPSA) is 9.23 Å². The predicted molar refractivity (Wildman–Crippen MR) is 156 cm³/mol. The zero-order chi connectivity index (χ0) is 25.5. The number of thiocarbonyl (C=S) groups is 1. The number of benzene rings is 1. The number of fused-ring (bicyclic) bond motifs is 5. The molecule has 0 radical (unpaired) electrons. The van der Waals surface area contributed by atoms with Crippen LogP contribution >= 0.6 is 12.2 Å². The van der Waals surface area contributed by atoms with Gasteiger partial charge >= 0.3 is 0 Å². The molecule has 1 aromatic carbocycles. The Kier molecular flexibility index (Phi) is 7.75. The van der Waals surface area contributed by atoms with Crippen LogP contribution in [0.5, 0.6) is 0 Å². The van der Waals surface area contributed by atoms with E-state index in [-0.39, 0.29) is 6.10 Å². The summed E-state index contributed by atoms with van der Waals surface area (Å²) in [5.41, 5.74) is 3.68. The van der Waals surface area contributed by atoms with Crippen LogP contribution in [-0.2, 0) is 4.74 Å². The molecule has 0 N–H and O–H groups in total. The Morgan fingerprint density at radius 1 is 0.972 bits per heavy atom. The Hall–Kier alpha value is -1.15. The average Bonchev–Trinajstić information content (AvgIpc) is 3.22. The molecule has 1 aromatic rings. The summed E-state index contributed by atoms with van der Waals surface area (Å²) in [4.78, 5) is 0. The SMILES string of the molecule is CC(C)CCC[C@@H](C)[C@H]1CC[C@H]2[C@@H]3CC=C4C[C@@H](OC(=S)c5ccccc5)CC[C@]4(C)[C@H]3CC[C@]12C. The van der Waals surface area contributed by atoms with Crippen LogP contribution < -0.4 is 0 Å². The highest BCUT2D eigenvalue weighted by Crippen LogP contribution is 2.67. The van der Waals surface area contributed by atoms with Crippen LogP contribution in [0.25, 0.3) is 0 Å². The first-order valence-corrected chi connectivity index (χ1v) is 15.6. The minimum Gasteiger partial charge on any atom is -0.479 e. The van der Waals surface area contributed by atoms with Crippen molar-refractivity contribution in [3.05, 3.63) is 47.5 Å². The Morgan fingerprint density at radius 3 is 2.50 bits per heavy atom. The van der Waals surface area contributed by atoms with E-state index in [4.69, 9.17) is 17.0 Å². The fourth-order valence-corrected chi connectivity index (χ4v) is 9.82. The summed E-state index contributed by atoms with van der Waals surface area (Å²) in [5, 5.41) is 0.673. The highest BCUT2D eigenvalue weighted by Gasteiger charge is 2.59. The van der Waals surface area contributed by atoms with Crippen molar-refractivity contribution < 1.29 is 4.74 Å². The molecule has 4 aliphatic carbocycles. The van der Waals surface area contributed by atoms with Crippen LogP contribution in [0, 0.1) is 46.3 Å². The Morgan fingerprint density at radius 2 is 1.75 bits per heavy atom. The van der Waals surface area contributed by atoms with Crippen molar-refractivity contribution in [1.82, 2.24) is 0 Å². The minimum atomic E-state index is 0.241. The molecule has 3 fully saturated rings. The normalized spacial score (nSPS) is 38.5. The number of hydrogen-bond acceptors (Lipinski definition) is 2. The monoisotopic (exact) mass is 506 g/mol. The smallest absolute Gasteiger partial charge is 0.191 e. The molecule has 8 atom stereocenters. The summed E-state index contributed by atoms with van der Waals surface area (Å²) in [6.07, 6.45) is 17.8. The quantitative estimate of drug-likeness (QED) is 0.269. The van der Waals surface area contributed by atoms with Gasteiger partial charge in [-0.25, -0.2) is 0 Å². The average molecular weight is 507 g/mol. The maximum Gasteiger partial charge on any atom is 0.191 e. The number of allylic oxidation sites excluding steroid dienone is 1. The second-order valence-corrected chi connectivity index (χ2v) is 14.3.